The Labute approximate surface area is 174 Å². The monoisotopic (exact) mass is 429 g/mol. The number of aryl methyl sites for hydroxylation is 2. The molecule has 3 rings (SSSR count). The van der Waals surface area contributed by atoms with Crippen LogP contribution in [0.3, 0.4) is 0 Å². The zero-order chi connectivity index (χ0) is 21.9. The minimum Gasteiger partial charge on any atom is -0.331 e. The topological polar surface area (TPSA) is 131 Å². The summed E-state index contributed by atoms with van der Waals surface area (Å²) in [6, 6.07) is 12.2. The SMILES string of the molecule is Cc1nc(-c2nnn(C)c2NC(=O)NC(C)c2ccccc2)ccc1NS(C)(=O)=O. The highest BCUT2D eigenvalue weighted by Gasteiger charge is 2.19. The maximum atomic E-state index is 12.5. The molecule has 0 aliphatic rings. The molecule has 2 aromatic heterocycles. The number of amides is 2. The van der Waals surface area contributed by atoms with Gasteiger partial charge in [-0.1, -0.05) is 35.5 Å². The van der Waals surface area contributed by atoms with Crippen LogP contribution in [0.4, 0.5) is 16.3 Å². The predicted octanol–water partition coefficient (Wildman–Crippen LogP) is 2.44. The molecule has 0 saturated carbocycles. The van der Waals surface area contributed by atoms with Crippen LogP contribution in [0, 0.1) is 6.92 Å². The Morgan fingerprint density at radius 1 is 1.13 bits per heavy atom. The minimum atomic E-state index is -3.42. The van der Waals surface area contributed by atoms with Gasteiger partial charge in [-0.15, -0.1) is 5.10 Å². The summed E-state index contributed by atoms with van der Waals surface area (Å²) >= 11 is 0. The van der Waals surface area contributed by atoms with Crippen molar-refractivity contribution < 1.29 is 13.2 Å². The lowest BCUT2D eigenvalue weighted by Crippen LogP contribution is -2.32. The second-order valence-electron chi connectivity index (χ2n) is 6.84. The molecule has 158 valence electrons. The predicted molar refractivity (Wildman–Crippen MR) is 114 cm³/mol. The molecule has 2 heterocycles. The summed E-state index contributed by atoms with van der Waals surface area (Å²) in [6.45, 7) is 3.56. The highest BCUT2D eigenvalue weighted by atomic mass is 32.2. The third kappa shape index (κ3) is 5.11. The highest BCUT2D eigenvalue weighted by Crippen LogP contribution is 2.26. The van der Waals surface area contributed by atoms with Crippen molar-refractivity contribution in [2.45, 2.75) is 19.9 Å². The first-order chi connectivity index (χ1) is 14.1. The van der Waals surface area contributed by atoms with Gasteiger partial charge in [0.15, 0.2) is 11.5 Å². The number of aromatic nitrogens is 4. The molecule has 2 amide bonds. The Balaban J connectivity index is 1.80. The number of nitrogens with zero attached hydrogens (tertiary/aromatic N) is 4. The van der Waals surface area contributed by atoms with Crippen molar-refractivity contribution in [2.24, 2.45) is 7.05 Å². The minimum absolute atomic E-state index is 0.197. The zero-order valence-corrected chi connectivity index (χ0v) is 17.9. The van der Waals surface area contributed by atoms with Crippen molar-refractivity contribution >= 4 is 27.6 Å². The van der Waals surface area contributed by atoms with Crippen LogP contribution >= 0.6 is 0 Å². The van der Waals surface area contributed by atoms with E-state index in [4.69, 9.17) is 0 Å². The number of hydrogen-bond acceptors (Lipinski definition) is 6. The summed E-state index contributed by atoms with van der Waals surface area (Å²) in [4.78, 5) is 16.9. The number of sulfonamides is 1. The van der Waals surface area contributed by atoms with E-state index in [1.165, 1.54) is 4.68 Å². The van der Waals surface area contributed by atoms with Crippen LogP contribution in [-0.2, 0) is 17.1 Å². The lowest BCUT2D eigenvalue weighted by atomic mass is 10.1. The largest absolute Gasteiger partial charge is 0.331 e. The third-order valence-electron chi connectivity index (χ3n) is 4.33. The van der Waals surface area contributed by atoms with Gasteiger partial charge >= 0.3 is 6.03 Å². The number of carbonyl (C=O) groups is 1. The molecular formula is C19H23N7O3S. The van der Waals surface area contributed by atoms with Crippen molar-refractivity contribution in [3.8, 4) is 11.4 Å². The van der Waals surface area contributed by atoms with Crippen molar-refractivity contribution in [2.75, 3.05) is 16.3 Å². The number of benzene rings is 1. The van der Waals surface area contributed by atoms with Crippen LogP contribution in [0.15, 0.2) is 42.5 Å². The average molecular weight is 430 g/mol. The van der Waals surface area contributed by atoms with Crippen LogP contribution in [0.1, 0.15) is 24.2 Å². The number of nitrogens with one attached hydrogen (secondary N) is 3. The number of pyridine rings is 1. The Kier molecular flexibility index (Phi) is 6.01. The van der Waals surface area contributed by atoms with Gasteiger partial charge in [0.1, 0.15) is 0 Å². The Morgan fingerprint density at radius 3 is 2.47 bits per heavy atom. The van der Waals surface area contributed by atoms with Crippen LogP contribution in [0.2, 0.25) is 0 Å². The molecule has 0 aliphatic heterocycles. The Hall–Kier alpha value is -3.47. The van der Waals surface area contributed by atoms with E-state index in [-0.39, 0.29) is 6.04 Å². The number of hydrogen-bond donors (Lipinski definition) is 3. The summed E-state index contributed by atoms with van der Waals surface area (Å²) in [5, 5.41) is 13.7. The molecule has 3 aromatic rings. The summed E-state index contributed by atoms with van der Waals surface area (Å²) < 4.78 is 26.8. The molecule has 1 unspecified atom stereocenters. The first-order valence-electron chi connectivity index (χ1n) is 9.12. The molecule has 0 aliphatic carbocycles. The van der Waals surface area contributed by atoms with Gasteiger partial charge in [-0.3, -0.25) is 10.0 Å². The molecule has 1 atom stereocenters. The summed E-state index contributed by atoms with van der Waals surface area (Å²) in [7, 11) is -1.77. The normalized spacial score (nSPS) is 12.3. The smallest absolute Gasteiger partial charge is 0.320 e. The molecule has 1 aromatic carbocycles. The van der Waals surface area contributed by atoms with Gasteiger partial charge in [0.25, 0.3) is 0 Å². The van der Waals surface area contributed by atoms with E-state index < -0.39 is 16.1 Å². The fourth-order valence-electron chi connectivity index (χ4n) is 2.84. The van der Waals surface area contributed by atoms with E-state index in [9.17, 15) is 13.2 Å². The van der Waals surface area contributed by atoms with E-state index in [1.807, 2.05) is 37.3 Å². The first-order valence-corrected chi connectivity index (χ1v) is 11.0. The molecule has 0 radical (unpaired) electrons. The first kappa shape index (κ1) is 21.2. The quantitative estimate of drug-likeness (QED) is 0.552. The van der Waals surface area contributed by atoms with Gasteiger partial charge in [0.2, 0.25) is 10.0 Å². The maximum absolute atomic E-state index is 12.5. The average Bonchev–Trinajstić information content (AvgIpc) is 3.03. The van der Waals surface area contributed by atoms with E-state index >= 15 is 0 Å². The van der Waals surface area contributed by atoms with Crippen molar-refractivity contribution in [3.63, 3.8) is 0 Å². The Bertz CT molecular complexity index is 1160. The van der Waals surface area contributed by atoms with Crippen LogP contribution in [0.5, 0.6) is 0 Å². The molecule has 3 N–H and O–H groups in total. The van der Waals surface area contributed by atoms with Gasteiger partial charge in [0, 0.05) is 7.05 Å². The molecule has 0 spiro atoms. The van der Waals surface area contributed by atoms with Crippen molar-refractivity contribution in [1.82, 2.24) is 25.3 Å². The molecule has 11 heteroatoms. The standard InChI is InChI=1S/C19H23N7O3S/c1-12(14-8-6-5-7-9-14)21-19(27)22-18-17(23-25-26(18)3)16-11-10-15(13(2)20-16)24-30(4,28)29/h5-12,24H,1-4H3,(H2,21,22,27). The number of carbonyl (C=O) groups excluding carboxylic acids is 1. The summed E-state index contributed by atoms with van der Waals surface area (Å²) in [5.41, 5.74) is 2.63. The van der Waals surface area contributed by atoms with Crippen molar-refractivity contribution in [1.29, 1.82) is 0 Å². The number of anilines is 2. The fourth-order valence-corrected chi connectivity index (χ4v) is 3.45. The lowest BCUT2D eigenvalue weighted by molar-refractivity contribution is 0.249. The molecule has 0 fully saturated rings. The van der Waals surface area contributed by atoms with E-state index in [0.717, 1.165) is 11.8 Å². The van der Waals surface area contributed by atoms with Gasteiger partial charge in [-0.2, -0.15) is 0 Å². The summed E-state index contributed by atoms with van der Waals surface area (Å²) in [5.74, 6) is 0.364. The van der Waals surface area contributed by atoms with E-state index in [1.54, 1.807) is 26.1 Å². The van der Waals surface area contributed by atoms with Gasteiger partial charge in [-0.25, -0.2) is 22.9 Å². The van der Waals surface area contributed by atoms with Gasteiger partial charge in [-0.05, 0) is 31.5 Å². The molecular weight excluding hydrogens is 406 g/mol. The van der Waals surface area contributed by atoms with Gasteiger partial charge in [0.05, 0.1) is 29.4 Å². The zero-order valence-electron chi connectivity index (χ0n) is 17.0. The van der Waals surface area contributed by atoms with Crippen LogP contribution < -0.4 is 15.4 Å². The second-order valence-corrected chi connectivity index (χ2v) is 8.59. The fraction of sp³-hybridized carbons (Fsp3) is 0.263. The second kappa shape index (κ2) is 8.49. The van der Waals surface area contributed by atoms with E-state index in [0.29, 0.717) is 28.6 Å². The van der Waals surface area contributed by atoms with Crippen LogP contribution in [0.25, 0.3) is 11.4 Å². The highest BCUT2D eigenvalue weighted by molar-refractivity contribution is 7.92. The Morgan fingerprint density at radius 2 is 1.83 bits per heavy atom. The van der Waals surface area contributed by atoms with Crippen LogP contribution in [-0.4, -0.2) is 40.7 Å². The number of urea groups is 1. The molecule has 10 nitrogen and oxygen atoms in total. The molecule has 0 saturated heterocycles. The molecule has 30 heavy (non-hydrogen) atoms. The van der Waals surface area contributed by atoms with Gasteiger partial charge < -0.3 is 5.32 Å². The van der Waals surface area contributed by atoms with Crippen molar-refractivity contribution in [3.05, 3.63) is 53.7 Å². The number of rotatable bonds is 6. The molecule has 0 bridgehead atoms. The third-order valence-corrected chi connectivity index (χ3v) is 4.92. The maximum Gasteiger partial charge on any atom is 0.320 e. The summed E-state index contributed by atoms with van der Waals surface area (Å²) in [6.07, 6.45) is 1.07. The van der Waals surface area contributed by atoms with E-state index in [2.05, 4.69) is 30.7 Å². The lowest BCUT2D eigenvalue weighted by Gasteiger charge is -2.15.